The SMILES string of the molecule is CCOC(=O)C1CCC(CCI)N(C(=O)OC(C)(C)C)C1. The van der Waals surface area contributed by atoms with E-state index >= 15 is 0 Å². The maximum atomic E-state index is 12.4. The van der Waals surface area contributed by atoms with Crippen LogP contribution in [0.1, 0.15) is 47.0 Å². The fraction of sp³-hybridized carbons (Fsp3) is 0.867. The fourth-order valence-electron chi connectivity index (χ4n) is 2.45. The smallest absolute Gasteiger partial charge is 0.410 e. The number of halogens is 1. The van der Waals surface area contributed by atoms with E-state index in [-0.39, 0.29) is 24.0 Å². The first-order valence-electron chi connectivity index (χ1n) is 7.50. The van der Waals surface area contributed by atoms with Crippen LogP contribution in [-0.2, 0) is 14.3 Å². The lowest BCUT2D eigenvalue weighted by Crippen LogP contribution is -2.50. The van der Waals surface area contributed by atoms with E-state index in [1.165, 1.54) is 0 Å². The summed E-state index contributed by atoms with van der Waals surface area (Å²) in [6.07, 6.45) is 2.20. The van der Waals surface area contributed by atoms with Crippen LogP contribution in [0.3, 0.4) is 0 Å². The minimum atomic E-state index is -0.525. The Bertz CT molecular complexity index is 367. The van der Waals surface area contributed by atoms with Gasteiger partial charge in [-0.05, 0) is 47.0 Å². The molecular weight excluding hydrogens is 385 g/mol. The van der Waals surface area contributed by atoms with Crippen LogP contribution in [0.4, 0.5) is 4.79 Å². The summed E-state index contributed by atoms with van der Waals surface area (Å²) in [6, 6.07) is 0.155. The number of nitrogens with zero attached hydrogens (tertiary/aromatic N) is 1. The van der Waals surface area contributed by atoms with Crippen LogP contribution in [-0.4, -0.2) is 46.2 Å². The van der Waals surface area contributed by atoms with Crippen LogP contribution >= 0.6 is 22.6 Å². The monoisotopic (exact) mass is 411 g/mol. The van der Waals surface area contributed by atoms with Crippen LogP contribution in [0.25, 0.3) is 0 Å². The van der Waals surface area contributed by atoms with Crippen molar-refractivity contribution in [2.45, 2.75) is 58.6 Å². The lowest BCUT2D eigenvalue weighted by molar-refractivity contribution is -0.150. The molecule has 2 unspecified atom stereocenters. The van der Waals surface area contributed by atoms with E-state index < -0.39 is 5.60 Å². The number of hydrogen-bond donors (Lipinski definition) is 0. The Balaban J connectivity index is 2.76. The number of carbonyl (C=O) groups is 2. The third-order valence-corrected chi connectivity index (χ3v) is 4.02. The Morgan fingerprint density at radius 3 is 2.48 bits per heavy atom. The van der Waals surface area contributed by atoms with Gasteiger partial charge in [0.05, 0.1) is 12.5 Å². The summed E-state index contributed by atoms with van der Waals surface area (Å²) in [7, 11) is 0. The van der Waals surface area contributed by atoms with Crippen LogP contribution in [0.15, 0.2) is 0 Å². The van der Waals surface area contributed by atoms with Gasteiger partial charge in [0.25, 0.3) is 0 Å². The van der Waals surface area contributed by atoms with E-state index in [0.29, 0.717) is 13.2 Å². The topological polar surface area (TPSA) is 55.8 Å². The van der Waals surface area contributed by atoms with Crippen LogP contribution in [0.5, 0.6) is 0 Å². The molecule has 0 aromatic heterocycles. The number of amides is 1. The van der Waals surface area contributed by atoms with Gasteiger partial charge >= 0.3 is 12.1 Å². The molecule has 1 rings (SSSR count). The molecule has 0 N–H and O–H groups in total. The normalized spacial score (nSPS) is 22.8. The summed E-state index contributed by atoms with van der Waals surface area (Å²) in [5.74, 6) is -0.443. The summed E-state index contributed by atoms with van der Waals surface area (Å²) in [5.41, 5.74) is -0.525. The highest BCUT2D eigenvalue weighted by Crippen LogP contribution is 2.27. The van der Waals surface area contributed by atoms with Gasteiger partial charge < -0.3 is 14.4 Å². The van der Waals surface area contributed by atoms with Gasteiger partial charge in [-0.1, -0.05) is 22.6 Å². The maximum Gasteiger partial charge on any atom is 0.410 e. The van der Waals surface area contributed by atoms with Crippen molar-refractivity contribution in [1.29, 1.82) is 0 Å². The van der Waals surface area contributed by atoms with Crippen molar-refractivity contribution >= 4 is 34.7 Å². The second kappa shape index (κ2) is 8.19. The summed E-state index contributed by atoms with van der Waals surface area (Å²) >= 11 is 2.31. The predicted molar refractivity (Wildman–Crippen MR) is 89.6 cm³/mol. The average molecular weight is 411 g/mol. The number of piperidine rings is 1. The standard InChI is InChI=1S/C15H26INO4/c1-5-20-13(18)11-6-7-12(8-9-16)17(10-11)14(19)21-15(2,3)4/h11-12H,5-10H2,1-4H3. The van der Waals surface area contributed by atoms with Crippen LogP contribution in [0.2, 0.25) is 0 Å². The molecule has 1 aliphatic rings. The molecule has 1 heterocycles. The highest BCUT2D eigenvalue weighted by atomic mass is 127. The third-order valence-electron chi connectivity index (χ3n) is 3.40. The largest absolute Gasteiger partial charge is 0.466 e. The van der Waals surface area contributed by atoms with Crippen LogP contribution in [0, 0.1) is 5.92 Å². The van der Waals surface area contributed by atoms with E-state index in [1.54, 1.807) is 11.8 Å². The molecule has 2 atom stereocenters. The van der Waals surface area contributed by atoms with Gasteiger partial charge in [-0.3, -0.25) is 4.79 Å². The fourth-order valence-corrected chi connectivity index (χ4v) is 3.17. The zero-order valence-electron chi connectivity index (χ0n) is 13.4. The summed E-state index contributed by atoms with van der Waals surface area (Å²) < 4.78 is 11.5. The number of alkyl halides is 1. The molecule has 1 saturated heterocycles. The predicted octanol–water partition coefficient (Wildman–Crippen LogP) is 3.39. The van der Waals surface area contributed by atoms with Crippen molar-refractivity contribution in [2.75, 3.05) is 17.6 Å². The average Bonchev–Trinajstić information content (AvgIpc) is 2.37. The molecule has 0 radical (unpaired) electrons. The molecule has 1 fully saturated rings. The van der Waals surface area contributed by atoms with Crippen molar-refractivity contribution in [3.05, 3.63) is 0 Å². The van der Waals surface area contributed by atoms with Gasteiger partial charge in [-0.15, -0.1) is 0 Å². The zero-order chi connectivity index (χ0) is 16.0. The Morgan fingerprint density at radius 2 is 1.95 bits per heavy atom. The number of rotatable bonds is 4. The van der Waals surface area contributed by atoms with Gasteiger partial charge in [-0.2, -0.15) is 0 Å². The molecule has 21 heavy (non-hydrogen) atoms. The first-order valence-corrected chi connectivity index (χ1v) is 9.03. The van der Waals surface area contributed by atoms with Gasteiger partial charge in [0.1, 0.15) is 5.60 Å². The minimum absolute atomic E-state index is 0.155. The van der Waals surface area contributed by atoms with E-state index in [2.05, 4.69) is 22.6 Å². The molecular formula is C15H26INO4. The Labute approximate surface area is 140 Å². The lowest BCUT2D eigenvalue weighted by Gasteiger charge is -2.39. The number of carbonyl (C=O) groups excluding carboxylic acids is 2. The second-order valence-electron chi connectivity index (χ2n) is 6.29. The number of ether oxygens (including phenoxy) is 2. The number of hydrogen-bond acceptors (Lipinski definition) is 4. The number of likely N-dealkylation sites (tertiary alicyclic amines) is 1. The van der Waals surface area contributed by atoms with Crippen molar-refractivity contribution in [3.8, 4) is 0 Å². The summed E-state index contributed by atoms with van der Waals surface area (Å²) in [6.45, 7) is 8.13. The molecule has 0 aliphatic carbocycles. The van der Waals surface area contributed by atoms with E-state index in [4.69, 9.17) is 9.47 Å². The first kappa shape index (κ1) is 18.5. The Hall–Kier alpha value is -0.530. The molecule has 6 heteroatoms. The van der Waals surface area contributed by atoms with Gasteiger partial charge in [0.15, 0.2) is 0 Å². The van der Waals surface area contributed by atoms with Gasteiger partial charge in [0, 0.05) is 17.0 Å². The number of esters is 1. The van der Waals surface area contributed by atoms with Crippen molar-refractivity contribution in [1.82, 2.24) is 4.90 Å². The lowest BCUT2D eigenvalue weighted by atomic mass is 9.92. The van der Waals surface area contributed by atoms with Gasteiger partial charge in [0.2, 0.25) is 0 Å². The minimum Gasteiger partial charge on any atom is -0.466 e. The third kappa shape index (κ3) is 6.00. The van der Waals surface area contributed by atoms with Crippen LogP contribution < -0.4 is 0 Å². The van der Waals surface area contributed by atoms with Crippen molar-refractivity contribution in [3.63, 3.8) is 0 Å². The van der Waals surface area contributed by atoms with E-state index in [0.717, 1.165) is 23.7 Å². The molecule has 5 nitrogen and oxygen atoms in total. The van der Waals surface area contributed by atoms with Crippen molar-refractivity contribution in [2.24, 2.45) is 5.92 Å². The highest BCUT2D eigenvalue weighted by Gasteiger charge is 2.37. The molecule has 0 aromatic carbocycles. The maximum absolute atomic E-state index is 12.4. The second-order valence-corrected chi connectivity index (χ2v) is 7.37. The van der Waals surface area contributed by atoms with Crippen molar-refractivity contribution < 1.29 is 19.1 Å². The zero-order valence-corrected chi connectivity index (χ0v) is 15.5. The molecule has 1 aliphatic heterocycles. The van der Waals surface area contributed by atoms with Gasteiger partial charge in [-0.25, -0.2) is 4.79 Å². The Morgan fingerprint density at radius 1 is 1.29 bits per heavy atom. The van der Waals surface area contributed by atoms with E-state index in [1.807, 2.05) is 20.8 Å². The molecule has 0 spiro atoms. The molecule has 0 saturated carbocycles. The highest BCUT2D eigenvalue weighted by molar-refractivity contribution is 14.1. The summed E-state index contributed by atoms with van der Waals surface area (Å²) in [5, 5.41) is 0. The molecule has 0 aromatic rings. The Kier molecular flexibility index (Phi) is 7.23. The van der Waals surface area contributed by atoms with E-state index in [9.17, 15) is 9.59 Å². The summed E-state index contributed by atoms with van der Waals surface area (Å²) in [4.78, 5) is 26.0. The first-order chi connectivity index (χ1) is 9.78. The molecule has 1 amide bonds. The molecule has 122 valence electrons. The molecule has 0 bridgehead atoms. The quantitative estimate of drug-likeness (QED) is 0.404.